The summed E-state index contributed by atoms with van der Waals surface area (Å²) in [5.74, 6) is 0.152. The Morgan fingerprint density at radius 3 is 2.65 bits per heavy atom. The first-order valence-electron chi connectivity index (χ1n) is 7.74. The van der Waals surface area contributed by atoms with Crippen LogP contribution in [-0.4, -0.2) is 0 Å². The molecule has 1 heterocycles. The predicted octanol–water partition coefficient (Wildman–Crippen LogP) is 6.27. The lowest BCUT2D eigenvalue weighted by Gasteiger charge is -2.39. The first-order valence-corrected chi connectivity index (χ1v) is 8.49. The van der Waals surface area contributed by atoms with E-state index in [1.807, 2.05) is 19.1 Å². The van der Waals surface area contributed by atoms with Gasteiger partial charge in [0.25, 0.3) is 0 Å². The van der Waals surface area contributed by atoms with Crippen LogP contribution in [0.4, 0.5) is 10.1 Å². The highest BCUT2D eigenvalue weighted by Gasteiger charge is 2.41. The van der Waals surface area contributed by atoms with E-state index < -0.39 is 0 Å². The van der Waals surface area contributed by atoms with E-state index in [4.69, 9.17) is 23.2 Å². The molecule has 0 saturated heterocycles. The fraction of sp³-hybridized carbons (Fsp3) is 0.263. The Morgan fingerprint density at radius 2 is 1.87 bits per heavy atom. The molecule has 1 nitrogen and oxygen atoms in total. The van der Waals surface area contributed by atoms with Gasteiger partial charge in [-0.3, -0.25) is 0 Å². The highest BCUT2D eigenvalue weighted by atomic mass is 35.5. The summed E-state index contributed by atoms with van der Waals surface area (Å²) in [7, 11) is 0. The average Bonchev–Trinajstić information content (AvgIpc) is 3.00. The van der Waals surface area contributed by atoms with Gasteiger partial charge in [0.05, 0.1) is 6.04 Å². The topological polar surface area (TPSA) is 12.0 Å². The molecule has 0 radical (unpaired) electrons. The Kier molecular flexibility index (Phi) is 3.62. The van der Waals surface area contributed by atoms with Crippen LogP contribution < -0.4 is 5.32 Å². The quantitative estimate of drug-likeness (QED) is 0.599. The van der Waals surface area contributed by atoms with Crippen LogP contribution >= 0.6 is 23.2 Å². The fourth-order valence-electron chi connectivity index (χ4n) is 3.90. The van der Waals surface area contributed by atoms with E-state index in [-0.39, 0.29) is 23.7 Å². The van der Waals surface area contributed by atoms with Crippen molar-refractivity contribution in [2.45, 2.75) is 25.3 Å². The Bertz CT molecular complexity index is 795. The molecule has 2 aromatic carbocycles. The smallest absolute Gasteiger partial charge is 0.129 e. The lowest BCUT2D eigenvalue weighted by Crippen LogP contribution is -2.30. The molecular formula is C19H16Cl2FN. The number of rotatable bonds is 1. The number of nitrogens with one attached hydrogen (secondary N) is 1. The van der Waals surface area contributed by atoms with Gasteiger partial charge in [0.1, 0.15) is 5.82 Å². The average molecular weight is 348 g/mol. The van der Waals surface area contributed by atoms with Crippen LogP contribution in [0, 0.1) is 18.7 Å². The molecule has 0 saturated carbocycles. The van der Waals surface area contributed by atoms with Crippen molar-refractivity contribution in [3.63, 3.8) is 0 Å². The molecule has 0 unspecified atom stereocenters. The van der Waals surface area contributed by atoms with Crippen molar-refractivity contribution in [2.24, 2.45) is 5.92 Å². The lowest BCUT2D eigenvalue weighted by atomic mass is 9.76. The minimum absolute atomic E-state index is 0.159. The summed E-state index contributed by atoms with van der Waals surface area (Å²) in [6, 6.07) is 8.64. The maximum absolute atomic E-state index is 14.5. The number of hydrogen-bond donors (Lipinski definition) is 1. The number of allylic oxidation sites excluding steroid dienone is 2. The van der Waals surface area contributed by atoms with E-state index in [0.29, 0.717) is 10.6 Å². The number of hydrogen-bond acceptors (Lipinski definition) is 1. The van der Waals surface area contributed by atoms with Crippen molar-refractivity contribution < 1.29 is 4.39 Å². The van der Waals surface area contributed by atoms with Gasteiger partial charge in [0.15, 0.2) is 0 Å². The van der Waals surface area contributed by atoms with Crippen molar-refractivity contribution in [2.75, 3.05) is 5.32 Å². The third kappa shape index (κ3) is 2.28. The van der Waals surface area contributed by atoms with E-state index in [1.54, 1.807) is 12.1 Å². The second-order valence-electron chi connectivity index (χ2n) is 6.26. The number of halogens is 3. The summed E-state index contributed by atoms with van der Waals surface area (Å²) in [5.41, 5.74) is 3.79. The van der Waals surface area contributed by atoms with E-state index in [9.17, 15) is 4.39 Å². The molecular weight excluding hydrogens is 332 g/mol. The first-order chi connectivity index (χ1) is 11.1. The summed E-state index contributed by atoms with van der Waals surface area (Å²) >= 11 is 12.8. The van der Waals surface area contributed by atoms with Crippen molar-refractivity contribution >= 4 is 28.9 Å². The largest absolute Gasteiger partial charge is 0.377 e. The molecule has 0 bridgehead atoms. The van der Waals surface area contributed by atoms with E-state index in [1.165, 1.54) is 6.07 Å². The zero-order valence-corrected chi connectivity index (χ0v) is 14.1. The van der Waals surface area contributed by atoms with Crippen LogP contribution in [0.5, 0.6) is 0 Å². The Morgan fingerprint density at radius 1 is 1.09 bits per heavy atom. The molecule has 0 amide bonds. The predicted molar refractivity (Wildman–Crippen MR) is 94.0 cm³/mol. The van der Waals surface area contributed by atoms with Gasteiger partial charge in [0.2, 0.25) is 0 Å². The lowest BCUT2D eigenvalue weighted by molar-refractivity contribution is 0.413. The highest BCUT2D eigenvalue weighted by Crippen LogP contribution is 2.53. The molecule has 1 aliphatic carbocycles. The van der Waals surface area contributed by atoms with Gasteiger partial charge in [-0.2, -0.15) is 0 Å². The molecule has 4 rings (SSSR count). The fourth-order valence-corrected chi connectivity index (χ4v) is 4.47. The standard InChI is InChI=1S/C19H16Cl2FN/c1-10-8-9-14(21)16-11-4-2-5-12(11)19(23-18(10)16)17-13(20)6-3-7-15(17)22/h2-4,6-9,11-12,19,23H,5H2,1H3/t11-,12+,19-/m1/s1. The summed E-state index contributed by atoms with van der Waals surface area (Å²) in [4.78, 5) is 0. The number of aryl methyl sites for hydroxylation is 1. The molecule has 1 N–H and O–H groups in total. The summed E-state index contributed by atoms with van der Waals surface area (Å²) in [5, 5.41) is 4.76. The molecule has 2 aromatic rings. The molecule has 2 aliphatic rings. The maximum atomic E-state index is 14.5. The Labute approximate surface area is 145 Å². The normalized spacial score (nSPS) is 25.0. The number of anilines is 1. The van der Waals surface area contributed by atoms with Crippen LogP contribution in [0.3, 0.4) is 0 Å². The van der Waals surface area contributed by atoms with Gasteiger partial charge in [-0.25, -0.2) is 4.39 Å². The summed E-state index contributed by atoms with van der Waals surface area (Å²) in [6.45, 7) is 2.04. The van der Waals surface area contributed by atoms with Gasteiger partial charge < -0.3 is 5.32 Å². The monoisotopic (exact) mass is 347 g/mol. The minimum Gasteiger partial charge on any atom is -0.377 e. The van der Waals surface area contributed by atoms with Crippen LogP contribution in [0.15, 0.2) is 42.5 Å². The second kappa shape index (κ2) is 5.54. The van der Waals surface area contributed by atoms with Crippen molar-refractivity contribution in [1.29, 1.82) is 0 Å². The molecule has 1 aliphatic heterocycles. The molecule has 4 heteroatoms. The summed E-state index contributed by atoms with van der Waals surface area (Å²) in [6.07, 6.45) is 5.24. The molecule has 0 fully saturated rings. The zero-order chi connectivity index (χ0) is 16.1. The van der Waals surface area contributed by atoms with Crippen LogP contribution in [0.25, 0.3) is 0 Å². The molecule has 0 spiro atoms. The minimum atomic E-state index is -0.260. The van der Waals surface area contributed by atoms with Crippen molar-refractivity contribution in [1.82, 2.24) is 0 Å². The molecule has 118 valence electrons. The zero-order valence-electron chi connectivity index (χ0n) is 12.6. The van der Waals surface area contributed by atoms with Crippen LogP contribution in [-0.2, 0) is 0 Å². The van der Waals surface area contributed by atoms with E-state index in [0.717, 1.165) is 28.3 Å². The van der Waals surface area contributed by atoms with Crippen molar-refractivity contribution in [3.8, 4) is 0 Å². The van der Waals surface area contributed by atoms with Gasteiger partial charge in [0, 0.05) is 32.8 Å². The Balaban J connectivity index is 1.90. The van der Waals surface area contributed by atoms with Gasteiger partial charge in [-0.15, -0.1) is 0 Å². The van der Waals surface area contributed by atoms with Crippen LogP contribution in [0.2, 0.25) is 10.0 Å². The Hall–Kier alpha value is -1.51. The number of fused-ring (bicyclic) bond motifs is 3. The van der Waals surface area contributed by atoms with Gasteiger partial charge >= 0.3 is 0 Å². The highest BCUT2D eigenvalue weighted by molar-refractivity contribution is 6.32. The summed E-state index contributed by atoms with van der Waals surface area (Å²) < 4.78 is 14.5. The maximum Gasteiger partial charge on any atom is 0.129 e. The SMILES string of the molecule is Cc1ccc(Cl)c2c1N[C@@H](c1c(F)cccc1Cl)[C@H]1CC=C[C@@H]21. The first kappa shape index (κ1) is 15.0. The molecule has 0 aromatic heterocycles. The third-order valence-electron chi connectivity index (χ3n) is 4.99. The van der Waals surface area contributed by atoms with Gasteiger partial charge in [-0.1, -0.05) is 47.5 Å². The van der Waals surface area contributed by atoms with Crippen LogP contribution in [0.1, 0.15) is 35.1 Å². The number of benzene rings is 2. The third-order valence-corrected chi connectivity index (χ3v) is 5.64. The van der Waals surface area contributed by atoms with E-state index >= 15 is 0 Å². The van der Waals surface area contributed by atoms with Gasteiger partial charge in [-0.05, 0) is 43.0 Å². The molecule has 3 atom stereocenters. The molecule has 23 heavy (non-hydrogen) atoms. The van der Waals surface area contributed by atoms with E-state index in [2.05, 4.69) is 17.5 Å². The second-order valence-corrected chi connectivity index (χ2v) is 7.08. The van der Waals surface area contributed by atoms with Crippen molar-refractivity contribution in [3.05, 3.63) is 75.0 Å².